The third-order valence-corrected chi connectivity index (χ3v) is 3.55. The molecule has 0 aromatic heterocycles. The second-order valence-electron chi connectivity index (χ2n) is 4.03. The Kier molecular flexibility index (Phi) is 7.09. The molecule has 0 bridgehead atoms. The summed E-state index contributed by atoms with van der Waals surface area (Å²) in [4.78, 5) is 0. The Labute approximate surface area is 121 Å². The molecule has 1 nitrogen and oxygen atoms in total. The molecule has 0 spiro atoms. The molecule has 0 saturated heterocycles. The van der Waals surface area contributed by atoms with Gasteiger partial charge in [0.05, 0.1) is 0 Å². The van der Waals surface area contributed by atoms with Crippen LogP contribution in [-0.2, 0) is 0 Å². The molecule has 1 rings (SSSR count). The van der Waals surface area contributed by atoms with Crippen LogP contribution in [0.5, 0.6) is 0 Å². The monoisotopic (exact) mass is 359 g/mol. The van der Waals surface area contributed by atoms with Crippen LogP contribution in [0.1, 0.15) is 37.8 Å². The molecule has 0 aliphatic rings. The zero-order chi connectivity index (χ0) is 12.7. The number of unbranched alkanes of at least 4 members (excludes halogenated alkanes) is 1. The van der Waals surface area contributed by atoms with E-state index in [2.05, 4.69) is 68.9 Å². The van der Waals surface area contributed by atoms with Gasteiger partial charge in [0.25, 0.3) is 0 Å². The van der Waals surface area contributed by atoms with Crippen LogP contribution in [-0.4, -0.2) is 6.54 Å². The predicted octanol–water partition coefficient (Wildman–Crippen LogP) is 5.22. The van der Waals surface area contributed by atoms with E-state index in [1.54, 1.807) is 0 Å². The van der Waals surface area contributed by atoms with E-state index in [-0.39, 0.29) is 0 Å². The maximum Gasteiger partial charge on any atom is 0.0321 e. The van der Waals surface area contributed by atoms with Crippen molar-refractivity contribution in [2.24, 2.45) is 0 Å². The molecular formula is C14H19Br2N. The minimum Gasteiger partial charge on any atom is -0.310 e. The Morgan fingerprint density at radius 3 is 2.47 bits per heavy atom. The Morgan fingerprint density at radius 2 is 1.94 bits per heavy atom. The van der Waals surface area contributed by atoms with Crippen molar-refractivity contribution < 1.29 is 0 Å². The molecule has 1 aromatic carbocycles. The van der Waals surface area contributed by atoms with E-state index >= 15 is 0 Å². The molecule has 0 amide bonds. The highest BCUT2D eigenvalue weighted by atomic mass is 79.9. The van der Waals surface area contributed by atoms with Crippen LogP contribution in [0, 0.1) is 0 Å². The third-order valence-electron chi connectivity index (χ3n) is 2.64. The Morgan fingerprint density at radius 1 is 1.29 bits per heavy atom. The molecule has 1 unspecified atom stereocenters. The van der Waals surface area contributed by atoms with Crippen molar-refractivity contribution in [3.8, 4) is 0 Å². The van der Waals surface area contributed by atoms with Gasteiger partial charge in [-0.05, 0) is 49.6 Å². The number of rotatable bonds is 7. The van der Waals surface area contributed by atoms with Gasteiger partial charge in [0.15, 0.2) is 0 Å². The number of nitrogens with one attached hydrogen (secondary N) is 1. The van der Waals surface area contributed by atoms with E-state index in [1.165, 1.54) is 12.0 Å². The summed E-state index contributed by atoms with van der Waals surface area (Å²) < 4.78 is 2.24. The highest BCUT2D eigenvalue weighted by Crippen LogP contribution is 2.26. The largest absolute Gasteiger partial charge is 0.310 e. The second-order valence-corrected chi connectivity index (χ2v) is 5.86. The predicted molar refractivity (Wildman–Crippen MR) is 82.3 cm³/mol. The fraction of sp³-hybridized carbons (Fsp3) is 0.429. The number of allylic oxidation sites excluding steroid dienone is 1. The zero-order valence-electron chi connectivity index (χ0n) is 10.2. The molecule has 1 N–H and O–H groups in total. The van der Waals surface area contributed by atoms with Crippen molar-refractivity contribution in [3.05, 3.63) is 45.4 Å². The lowest BCUT2D eigenvalue weighted by atomic mass is 10.0. The van der Waals surface area contributed by atoms with Crippen molar-refractivity contribution >= 4 is 31.9 Å². The quantitative estimate of drug-likeness (QED) is 0.519. The number of halogens is 2. The smallest absolute Gasteiger partial charge is 0.0321 e. The average Bonchev–Trinajstić information content (AvgIpc) is 2.27. The third kappa shape index (κ3) is 5.36. The summed E-state index contributed by atoms with van der Waals surface area (Å²) in [7, 11) is 0. The first-order valence-corrected chi connectivity index (χ1v) is 7.56. The van der Waals surface area contributed by atoms with E-state index in [9.17, 15) is 0 Å². The zero-order valence-corrected chi connectivity index (χ0v) is 13.4. The summed E-state index contributed by atoms with van der Waals surface area (Å²) in [5.74, 6) is 0. The van der Waals surface area contributed by atoms with E-state index in [0.717, 1.165) is 28.3 Å². The summed E-state index contributed by atoms with van der Waals surface area (Å²) >= 11 is 7.08. The highest BCUT2D eigenvalue weighted by Gasteiger charge is 2.10. The van der Waals surface area contributed by atoms with E-state index < -0.39 is 0 Å². The van der Waals surface area contributed by atoms with Crippen molar-refractivity contribution in [1.29, 1.82) is 0 Å². The van der Waals surface area contributed by atoms with Crippen LogP contribution in [0.4, 0.5) is 0 Å². The molecule has 1 aromatic rings. The van der Waals surface area contributed by atoms with Crippen LogP contribution in [0.25, 0.3) is 0 Å². The fourth-order valence-corrected chi connectivity index (χ4v) is 3.20. The lowest BCUT2D eigenvalue weighted by Gasteiger charge is -2.18. The van der Waals surface area contributed by atoms with Crippen LogP contribution < -0.4 is 5.32 Å². The first kappa shape index (κ1) is 14.9. The van der Waals surface area contributed by atoms with Gasteiger partial charge in [-0.2, -0.15) is 0 Å². The van der Waals surface area contributed by atoms with Crippen molar-refractivity contribution in [3.63, 3.8) is 0 Å². The number of hydrogen-bond acceptors (Lipinski definition) is 1. The van der Waals surface area contributed by atoms with Gasteiger partial charge in [0.2, 0.25) is 0 Å². The minimum atomic E-state index is 0.425. The van der Waals surface area contributed by atoms with Gasteiger partial charge >= 0.3 is 0 Å². The summed E-state index contributed by atoms with van der Waals surface area (Å²) in [5, 5.41) is 3.54. The number of benzene rings is 1. The standard InChI is InChI=1S/C14H19Br2N/c1-3-5-6-7-14(17-4-2)11-8-12(15)10-13(16)9-11/h3,8-10,14,17H,1,4-7H2,2H3. The van der Waals surface area contributed by atoms with Crippen LogP contribution >= 0.6 is 31.9 Å². The molecule has 0 aliphatic heterocycles. The average molecular weight is 361 g/mol. The maximum absolute atomic E-state index is 3.77. The molecule has 94 valence electrons. The van der Waals surface area contributed by atoms with Gasteiger partial charge in [0, 0.05) is 15.0 Å². The minimum absolute atomic E-state index is 0.425. The van der Waals surface area contributed by atoms with E-state index in [1.807, 2.05) is 6.08 Å². The summed E-state index contributed by atoms with van der Waals surface area (Å²) in [6.07, 6.45) is 5.38. The van der Waals surface area contributed by atoms with Gasteiger partial charge < -0.3 is 5.32 Å². The van der Waals surface area contributed by atoms with Gasteiger partial charge in [-0.3, -0.25) is 0 Å². The summed E-state index contributed by atoms with van der Waals surface area (Å²) in [6, 6.07) is 6.86. The molecule has 0 aliphatic carbocycles. The first-order valence-electron chi connectivity index (χ1n) is 5.97. The van der Waals surface area contributed by atoms with Gasteiger partial charge in [0.1, 0.15) is 0 Å². The topological polar surface area (TPSA) is 12.0 Å². The highest BCUT2D eigenvalue weighted by molar-refractivity contribution is 9.11. The van der Waals surface area contributed by atoms with Gasteiger partial charge in [-0.1, -0.05) is 44.9 Å². The molecule has 1 atom stereocenters. The molecule has 0 heterocycles. The van der Waals surface area contributed by atoms with Crippen LogP contribution in [0.15, 0.2) is 39.8 Å². The van der Waals surface area contributed by atoms with Crippen LogP contribution in [0.3, 0.4) is 0 Å². The second kappa shape index (κ2) is 8.06. The Balaban J connectivity index is 2.76. The summed E-state index contributed by atoms with van der Waals surface area (Å²) in [5.41, 5.74) is 1.33. The number of hydrogen-bond donors (Lipinski definition) is 1. The molecule has 17 heavy (non-hydrogen) atoms. The Hall–Kier alpha value is -0.120. The van der Waals surface area contributed by atoms with Gasteiger partial charge in [-0.25, -0.2) is 0 Å². The first-order chi connectivity index (χ1) is 8.17. The van der Waals surface area contributed by atoms with Crippen molar-refractivity contribution in [2.45, 2.75) is 32.2 Å². The fourth-order valence-electron chi connectivity index (χ4n) is 1.88. The van der Waals surface area contributed by atoms with E-state index in [4.69, 9.17) is 0 Å². The molecule has 0 saturated carbocycles. The lowest BCUT2D eigenvalue weighted by molar-refractivity contribution is 0.500. The van der Waals surface area contributed by atoms with E-state index in [0.29, 0.717) is 6.04 Å². The lowest BCUT2D eigenvalue weighted by Crippen LogP contribution is -2.20. The maximum atomic E-state index is 3.77. The SMILES string of the molecule is C=CCCCC(NCC)c1cc(Br)cc(Br)c1. The van der Waals surface area contributed by atoms with Crippen molar-refractivity contribution in [1.82, 2.24) is 5.32 Å². The molecule has 0 fully saturated rings. The van der Waals surface area contributed by atoms with Gasteiger partial charge in [-0.15, -0.1) is 6.58 Å². The Bertz CT molecular complexity index is 343. The summed E-state index contributed by atoms with van der Waals surface area (Å²) in [6.45, 7) is 6.90. The molecule has 3 heteroatoms. The van der Waals surface area contributed by atoms with Crippen LogP contribution in [0.2, 0.25) is 0 Å². The molecular weight excluding hydrogens is 342 g/mol. The molecule has 0 radical (unpaired) electrons. The van der Waals surface area contributed by atoms with Crippen molar-refractivity contribution in [2.75, 3.05) is 6.54 Å². The normalized spacial score (nSPS) is 12.4.